The Bertz CT molecular complexity index is 1460. The molecule has 2 aromatic carbocycles. The first-order valence-corrected chi connectivity index (χ1v) is 15.8. The number of hydrogen-bond acceptors (Lipinski definition) is 8. The predicted octanol–water partition coefficient (Wildman–Crippen LogP) is 3.72. The minimum atomic E-state index is -4.59. The molecule has 43 heavy (non-hydrogen) atoms. The van der Waals surface area contributed by atoms with Gasteiger partial charge in [0.15, 0.2) is 5.69 Å². The summed E-state index contributed by atoms with van der Waals surface area (Å²) in [6, 6.07) is 9.30. The molecule has 4 N–H and O–H groups in total. The van der Waals surface area contributed by atoms with Gasteiger partial charge in [0.05, 0.1) is 34.9 Å². The van der Waals surface area contributed by atoms with Crippen LogP contribution in [0.3, 0.4) is 0 Å². The number of fused-ring (bicyclic) bond motifs is 1. The van der Waals surface area contributed by atoms with Crippen molar-refractivity contribution in [3.8, 4) is 5.75 Å². The molecular formula is C28H34ClF3N7O3S+. The molecule has 5 rings (SSSR count). The van der Waals surface area contributed by atoms with Crippen LogP contribution in [0.25, 0.3) is 0 Å². The summed E-state index contributed by atoms with van der Waals surface area (Å²) in [6.45, 7) is 5.59. The van der Waals surface area contributed by atoms with Gasteiger partial charge in [0.2, 0.25) is 0 Å². The summed E-state index contributed by atoms with van der Waals surface area (Å²) in [6.07, 6.45) is -0.0833. The van der Waals surface area contributed by atoms with Crippen LogP contribution < -0.4 is 20.4 Å². The largest absolute Gasteiger partial charge is 0.492 e. The standard InChI is InChI=1S/C28H33ClF3N7O3S/c1-43(41)39-12-10-37(11-13-39)8-2-14-42-26-6-3-19(15-23(26)29)35-27-21-7-9-38(17-25(21)33-18-34-27)20-4-5-24(36-40)22(16-20)28(30,31)32/h3-6,15-16,18,36,40H,2,7-14,17H2,1H3,(H,33,34,35)/p+1. The van der Waals surface area contributed by atoms with Gasteiger partial charge in [-0.1, -0.05) is 11.6 Å². The molecule has 1 unspecified atom stereocenters. The Morgan fingerprint density at radius 1 is 1.12 bits per heavy atom. The van der Waals surface area contributed by atoms with Crippen LogP contribution in [0.2, 0.25) is 5.02 Å². The van der Waals surface area contributed by atoms with E-state index in [1.54, 1.807) is 24.5 Å². The van der Waals surface area contributed by atoms with Crippen molar-refractivity contribution in [1.82, 2.24) is 19.2 Å². The Morgan fingerprint density at radius 3 is 2.60 bits per heavy atom. The molecule has 2 aliphatic heterocycles. The number of halogens is 4. The molecule has 15 heteroatoms. The zero-order valence-electron chi connectivity index (χ0n) is 23.6. The lowest BCUT2D eigenvalue weighted by molar-refractivity contribution is -0.826. The van der Waals surface area contributed by atoms with Gasteiger partial charge in [0.1, 0.15) is 23.5 Å². The summed E-state index contributed by atoms with van der Waals surface area (Å²) in [7, 11) is -0.917. The summed E-state index contributed by atoms with van der Waals surface area (Å²) in [4.78, 5) is 13.0. The van der Waals surface area contributed by atoms with Gasteiger partial charge in [-0.15, -0.1) is 0 Å². The molecule has 232 valence electrons. The third kappa shape index (κ3) is 7.75. The van der Waals surface area contributed by atoms with Crippen LogP contribution in [0.15, 0.2) is 42.7 Å². The van der Waals surface area contributed by atoms with Gasteiger partial charge in [-0.3, -0.25) is 0 Å². The van der Waals surface area contributed by atoms with Gasteiger partial charge >= 0.3 is 6.18 Å². The van der Waals surface area contributed by atoms with Gasteiger partial charge < -0.3 is 19.9 Å². The molecule has 0 amide bonds. The fraction of sp³-hybridized carbons (Fsp3) is 0.429. The first-order chi connectivity index (χ1) is 20.6. The van der Waals surface area contributed by atoms with Gasteiger partial charge in [-0.2, -0.15) is 18.7 Å². The number of nitrogens with zero attached hydrogens (tertiary/aromatic N) is 5. The van der Waals surface area contributed by atoms with E-state index in [4.69, 9.17) is 16.3 Å². The Morgan fingerprint density at radius 2 is 1.91 bits per heavy atom. The number of rotatable bonds is 10. The van der Waals surface area contributed by atoms with Crippen molar-refractivity contribution >= 4 is 45.5 Å². The molecule has 1 atom stereocenters. The number of quaternary nitrogens is 1. The number of nitrogens with two attached hydrogens (primary N) is 1. The summed E-state index contributed by atoms with van der Waals surface area (Å²) >= 11 is 6.52. The predicted molar refractivity (Wildman–Crippen MR) is 159 cm³/mol. The van der Waals surface area contributed by atoms with Crippen molar-refractivity contribution in [3.63, 3.8) is 0 Å². The Kier molecular flexibility index (Phi) is 10.0. The lowest BCUT2D eigenvalue weighted by Crippen LogP contribution is -2.74. The van der Waals surface area contributed by atoms with Crippen molar-refractivity contribution < 1.29 is 32.8 Å². The molecule has 1 saturated heterocycles. The summed E-state index contributed by atoms with van der Waals surface area (Å²) in [5.41, 5.74) is 2.02. The van der Waals surface area contributed by atoms with E-state index in [2.05, 4.69) is 20.2 Å². The minimum Gasteiger partial charge on any atom is -0.492 e. The number of piperazine rings is 1. The quantitative estimate of drug-likeness (QED) is 0.175. The maximum absolute atomic E-state index is 13.5. The van der Waals surface area contributed by atoms with Crippen LogP contribution in [-0.4, -0.2) is 80.7 Å². The fourth-order valence-electron chi connectivity index (χ4n) is 5.29. The normalized spacial score (nSPS) is 17.0. The molecule has 3 heterocycles. The van der Waals surface area contributed by atoms with Crippen LogP contribution in [0.1, 0.15) is 23.2 Å². The average molecular weight is 641 g/mol. The SMILES string of the molecule is CS(=O)N1CCN(CCCOc2ccc(Nc3ncnc4c3CCN(c3ccc([NH2+]O)c(C(F)(F)F)c3)C4)cc2Cl)CC1. The second-order valence-electron chi connectivity index (χ2n) is 10.4. The highest BCUT2D eigenvalue weighted by Gasteiger charge is 2.36. The van der Waals surface area contributed by atoms with Crippen LogP contribution in [-0.2, 0) is 30.1 Å². The van der Waals surface area contributed by atoms with Crippen LogP contribution in [0, 0.1) is 0 Å². The summed E-state index contributed by atoms with van der Waals surface area (Å²) in [5, 5.41) is 13.0. The Hall–Kier alpha value is -3.01. The van der Waals surface area contributed by atoms with Gasteiger partial charge in [-0.05, 0) is 43.2 Å². The number of ether oxygens (including phenoxy) is 1. The highest BCUT2D eigenvalue weighted by molar-refractivity contribution is 7.81. The summed E-state index contributed by atoms with van der Waals surface area (Å²) in [5.74, 6) is 1.20. The molecule has 0 aliphatic carbocycles. The molecule has 1 fully saturated rings. The molecule has 10 nitrogen and oxygen atoms in total. The zero-order valence-corrected chi connectivity index (χ0v) is 25.2. The first kappa shape index (κ1) is 31.4. The number of nitrogens with one attached hydrogen (secondary N) is 1. The van der Waals surface area contributed by atoms with Crippen molar-refractivity contribution in [2.24, 2.45) is 0 Å². The number of anilines is 3. The number of alkyl halides is 3. The average Bonchev–Trinajstić information content (AvgIpc) is 2.99. The van der Waals surface area contributed by atoms with Crippen molar-refractivity contribution in [1.29, 1.82) is 0 Å². The summed E-state index contributed by atoms with van der Waals surface area (Å²) < 4.78 is 60.0. The lowest BCUT2D eigenvalue weighted by atomic mass is 10.0. The molecule has 0 bridgehead atoms. The van der Waals surface area contributed by atoms with E-state index in [-0.39, 0.29) is 5.69 Å². The second-order valence-corrected chi connectivity index (χ2v) is 12.2. The maximum atomic E-state index is 13.5. The number of aromatic nitrogens is 2. The first-order valence-electron chi connectivity index (χ1n) is 13.9. The van der Waals surface area contributed by atoms with Crippen molar-refractivity contribution in [3.05, 3.63) is 64.6 Å². The van der Waals surface area contributed by atoms with Gasteiger partial charge in [0.25, 0.3) is 0 Å². The molecule has 3 aromatic rings. The van der Waals surface area contributed by atoms with E-state index in [9.17, 15) is 22.6 Å². The number of benzene rings is 2. The monoisotopic (exact) mass is 640 g/mol. The maximum Gasteiger partial charge on any atom is 0.422 e. The lowest BCUT2D eigenvalue weighted by Gasteiger charge is -2.32. The van der Waals surface area contributed by atoms with E-state index in [1.807, 2.05) is 15.3 Å². The van der Waals surface area contributed by atoms with Crippen LogP contribution >= 0.6 is 11.6 Å². The Labute approximate surface area is 255 Å². The second kappa shape index (κ2) is 13.7. The third-order valence-corrected chi connectivity index (χ3v) is 9.01. The van der Waals surface area contributed by atoms with E-state index < -0.39 is 22.7 Å². The molecule has 0 saturated carbocycles. The smallest absolute Gasteiger partial charge is 0.422 e. The molecule has 0 spiro atoms. The molecule has 0 radical (unpaired) electrons. The van der Waals surface area contributed by atoms with E-state index in [0.717, 1.165) is 56.5 Å². The van der Waals surface area contributed by atoms with E-state index in [0.29, 0.717) is 59.6 Å². The highest BCUT2D eigenvalue weighted by atomic mass is 35.5. The fourth-order valence-corrected chi connectivity index (χ4v) is 6.21. The van der Waals surface area contributed by atoms with Crippen molar-refractivity contribution in [2.75, 3.05) is 62.3 Å². The highest BCUT2D eigenvalue weighted by Crippen LogP contribution is 2.37. The van der Waals surface area contributed by atoms with Gasteiger partial charge in [0, 0.05) is 68.5 Å². The topological polar surface area (TPSA) is 111 Å². The third-order valence-electron chi connectivity index (χ3n) is 7.62. The number of hydrogen-bond donors (Lipinski definition) is 3. The van der Waals surface area contributed by atoms with Crippen LogP contribution in [0.5, 0.6) is 5.75 Å². The minimum absolute atomic E-state index is 0.279. The Balaban J connectivity index is 1.17. The van der Waals surface area contributed by atoms with E-state index in [1.165, 1.54) is 12.4 Å². The molecular weight excluding hydrogens is 607 g/mol. The van der Waals surface area contributed by atoms with Crippen LogP contribution in [0.4, 0.5) is 36.1 Å². The molecule has 2 aliphatic rings. The van der Waals surface area contributed by atoms with Crippen molar-refractivity contribution in [2.45, 2.75) is 25.6 Å². The zero-order chi connectivity index (χ0) is 30.6. The van der Waals surface area contributed by atoms with E-state index >= 15 is 0 Å². The molecule has 1 aromatic heterocycles. The van der Waals surface area contributed by atoms with Gasteiger partial charge in [-0.25, -0.2) is 23.7 Å².